The van der Waals surface area contributed by atoms with Gasteiger partial charge in [0.05, 0.1) is 23.1 Å². The molecule has 4 aromatic rings. The fourth-order valence-electron chi connectivity index (χ4n) is 4.10. The summed E-state index contributed by atoms with van der Waals surface area (Å²) < 4.78 is 4.41. The normalized spacial score (nSPS) is 13.7. The van der Waals surface area contributed by atoms with Gasteiger partial charge in [0.15, 0.2) is 0 Å². The van der Waals surface area contributed by atoms with Crippen LogP contribution in [-0.2, 0) is 6.54 Å². The fraction of sp³-hybridized carbons (Fsp3) is 0.200. The van der Waals surface area contributed by atoms with Crippen molar-refractivity contribution >= 4 is 33.6 Å². The van der Waals surface area contributed by atoms with E-state index in [4.69, 9.17) is 5.73 Å². The summed E-state index contributed by atoms with van der Waals surface area (Å²) in [5, 5.41) is 5.55. The molecule has 0 saturated heterocycles. The second-order valence-corrected chi connectivity index (χ2v) is 6.97. The Morgan fingerprint density at radius 2 is 2.04 bits per heavy atom. The number of rotatable bonds is 1. The molecule has 0 bridgehead atoms. The van der Waals surface area contributed by atoms with Crippen molar-refractivity contribution in [1.29, 1.82) is 0 Å². The number of nitrogens with one attached hydrogen (secondary N) is 1. The lowest BCUT2D eigenvalue weighted by Gasteiger charge is -2.15. The van der Waals surface area contributed by atoms with Crippen LogP contribution in [0.5, 0.6) is 0 Å². The van der Waals surface area contributed by atoms with Crippen molar-refractivity contribution in [2.45, 2.75) is 26.4 Å². The van der Waals surface area contributed by atoms with E-state index < -0.39 is 0 Å². The highest BCUT2D eigenvalue weighted by Crippen LogP contribution is 2.42. The molecule has 0 saturated carbocycles. The van der Waals surface area contributed by atoms with Gasteiger partial charge in [0, 0.05) is 22.7 Å². The van der Waals surface area contributed by atoms with E-state index in [9.17, 15) is 0 Å². The first-order valence-corrected chi connectivity index (χ1v) is 8.75. The van der Waals surface area contributed by atoms with Crippen LogP contribution >= 0.6 is 0 Å². The molecule has 0 unspecified atom stereocenters. The zero-order valence-corrected chi connectivity index (χ0v) is 14.8. The molecule has 0 amide bonds. The van der Waals surface area contributed by atoms with Gasteiger partial charge in [0.25, 0.3) is 0 Å². The minimum absolute atomic E-state index is 0.251. The van der Waals surface area contributed by atoms with Crippen molar-refractivity contribution in [1.82, 2.24) is 24.4 Å². The van der Waals surface area contributed by atoms with Crippen LogP contribution in [0, 0.1) is 0 Å². The maximum atomic E-state index is 6.31. The quantitative estimate of drug-likeness (QED) is 0.551. The Balaban J connectivity index is 2.01. The maximum Gasteiger partial charge on any atom is 0.146 e. The number of para-hydroxylation sites is 1. The van der Waals surface area contributed by atoms with Crippen LogP contribution in [0.3, 0.4) is 0 Å². The van der Waals surface area contributed by atoms with E-state index in [-0.39, 0.29) is 6.04 Å². The van der Waals surface area contributed by atoms with Crippen LogP contribution in [0.2, 0.25) is 0 Å². The summed E-state index contributed by atoms with van der Waals surface area (Å²) in [5.41, 5.74) is 11.6. The molecule has 6 heteroatoms. The molecular weight excluding hydrogens is 324 g/mol. The summed E-state index contributed by atoms with van der Waals surface area (Å²) in [5.74, 6) is 1.37. The first kappa shape index (κ1) is 15.0. The first-order chi connectivity index (χ1) is 12.6. The van der Waals surface area contributed by atoms with Gasteiger partial charge in [0.1, 0.15) is 23.6 Å². The van der Waals surface area contributed by atoms with Crippen LogP contribution in [-0.4, -0.2) is 19.1 Å². The lowest BCUT2D eigenvalue weighted by atomic mass is 10.1. The van der Waals surface area contributed by atoms with Gasteiger partial charge in [-0.25, -0.2) is 9.97 Å². The smallest absolute Gasteiger partial charge is 0.146 e. The Kier molecular flexibility index (Phi) is 2.95. The third-order valence-corrected chi connectivity index (χ3v) is 5.13. The fourth-order valence-corrected chi connectivity index (χ4v) is 4.10. The number of benzene rings is 1. The van der Waals surface area contributed by atoms with Gasteiger partial charge in [-0.15, -0.1) is 0 Å². The number of hydrogen-bond acceptors (Lipinski definition) is 4. The highest BCUT2D eigenvalue weighted by molar-refractivity contribution is 6.05. The van der Waals surface area contributed by atoms with E-state index in [0.29, 0.717) is 12.4 Å². The van der Waals surface area contributed by atoms with Gasteiger partial charge in [-0.3, -0.25) is 4.57 Å². The largest absolute Gasteiger partial charge is 0.383 e. The Morgan fingerprint density at radius 1 is 1.23 bits per heavy atom. The molecule has 3 aromatic heterocycles. The van der Waals surface area contributed by atoms with Gasteiger partial charge in [-0.05, 0) is 26.0 Å². The number of aromatic nitrogens is 4. The van der Waals surface area contributed by atoms with Crippen molar-refractivity contribution in [3.05, 3.63) is 48.9 Å². The van der Waals surface area contributed by atoms with Crippen LogP contribution in [0.25, 0.3) is 39.0 Å². The van der Waals surface area contributed by atoms with Gasteiger partial charge < -0.3 is 15.6 Å². The highest BCUT2D eigenvalue weighted by Gasteiger charge is 2.28. The topological polar surface area (TPSA) is 73.7 Å². The number of nitrogens with zero attached hydrogens (tertiary/aromatic N) is 4. The van der Waals surface area contributed by atoms with Crippen LogP contribution in [0.4, 0.5) is 5.82 Å². The van der Waals surface area contributed by atoms with E-state index in [1.54, 1.807) is 0 Å². The van der Waals surface area contributed by atoms with Crippen molar-refractivity contribution in [2.75, 3.05) is 5.73 Å². The Morgan fingerprint density at radius 3 is 2.85 bits per heavy atom. The standard InChI is InChI=1S/C20H20N6/c1-11(2)25-16-9-22-12(3)26-14-7-5-4-6-13(14)8-15(26)17(16)18-19(21)23-10-24-20(18)25/h4-8,10-11,22H,3,9H2,1-2H3,(H2,21,23,24). The average molecular weight is 344 g/mol. The van der Waals surface area contributed by atoms with Crippen molar-refractivity contribution < 1.29 is 0 Å². The summed E-state index contributed by atoms with van der Waals surface area (Å²) in [6, 6.07) is 10.8. The molecular formula is C20H20N6. The monoisotopic (exact) mass is 344 g/mol. The Labute approximate surface area is 151 Å². The van der Waals surface area contributed by atoms with Gasteiger partial charge in [0.2, 0.25) is 0 Å². The minimum Gasteiger partial charge on any atom is -0.383 e. The summed E-state index contributed by atoms with van der Waals surface area (Å²) in [6.07, 6.45) is 1.54. The third kappa shape index (κ3) is 1.81. The molecule has 0 aliphatic carbocycles. The van der Waals surface area contributed by atoms with Crippen molar-refractivity contribution in [2.24, 2.45) is 0 Å². The van der Waals surface area contributed by atoms with Gasteiger partial charge in [-0.1, -0.05) is 24.8 Å². The Hall–Kier alpha value is -3.28. The predicted molar refractivity (Wildman–Crippen MR) is 105 cm³/mol. The molecule has 0 fully saturated rings. The molecule has 26 heavy (non-hydrogen) atoms. The molecule has 6 nitrogen and oxygen atoms in total. The number of anilines is 1. The van der Waals surface area contributed by atoms with Gasteiger partial charge in [-0.2, -0.15) is 0 Å². The molecule has 5 rings (SSSR count). The van der Waals surface area contributed by atoms with E-state index in [2.05, 4.69) is 63.0 Å². The van der Waals surface area contributed by atoms with Crippen molar-refractivity contribution in [3.63, 3.8) is 0 Å². The SMILES string of the molecule is C=C1NCc2c(c3c(N)ncnc3n2C(C)C)-c2cc3ccccc3n21. The summed E-state index contributed by atoms with van der Waals surface area (Å²) in [4.78, 5) is 8.82. The average Bonchev–Trinajstić information content (AvgIpc) is 3.12. The third-order valence-electron chi connectivity index (χ3n) is 5.13. The van der Waals surface area contributed by atoms with Crippen LogP contribution < -0.4 is 11.1 Å². The lowest BCUT2D eigenvalue weighted by molar-refractivity contribution is 0.583. The second kappa shape index (κ2) is 5.11. The molecule has 0 radical (unpaired) electrons. The van der Waals surface area contributed by atoms with E-state index >= 15 is 0 Å². The number of nitrogen functional groups attached to an aromatic ring is 1. The predicted octanol–water partition coefficient (Wildman–Crippen LogP) is 3.75. The van der Waals surface area contributed by atoms with Gasteiger partial charge >= 0.3 is 0 Å². The molecule has 0 spiro atoms. The molecule has 0 atom stereocenters. The molecule has 130 valence electrons. The summed E-state index contributed by atoms with van der Waals surface area (Å²) in [6.45, 7) is 9.24. The zero-order chi connectivity index (χ0) is 18.0. The maximum absolute atomic E-state index is 6.31. The summed E-state index contributed by atoms with van der Waals surface area (Å²) >= 11 is 0. The van der Waals surface area contributed by atoms with Crippen molar-refractivity contribution in [3.8, 4) is 11.3 Å². The zero-order valence-electron chi connectivity index (χ0n) is 14.8. The number of fused-ring (bicyclic) bond motifs is 7. The molecule has 1 aliphatic rings. The molecule has 1 aliphatic heterocycles. The number of hydrogen-bond donors (Lipinski definition) is 2. The molecule has 1 aromatic carbocycles. The van der Waals surface area contributed by atoms with Crippen LogP contribution in [0.1, 0.15) is 25.6 Å². The Bertz CT molecular complexity index is 1190. The summed E-state index contributed by atoms with van der Waals surface area (Å²) in [7, 11) is 0. The van der Waals surface area contributed by atoms with Crippen LogP contribution in [0.15, 0.2) is 43.2 Å². The van der Waals surface area contributed by atoms with E-state index in [1.165, 1.54) is 11.7 Å². The second-order valence-electron chi connectivity index (χ2n) is 6.97. The van der Waals surface area contributed by atoms with E-state index in [0.717, 1.165) is 39.3 Å². The number of nitrogens with two attached hydrogens (primary N) is 1. The van der Waals surface area contributed by atoms with E-state index in [1.807, 2.05) is 12.1 Å². The minimum atomic E-state index is 0.251. The molecule has 4 heterocycles. The highest BCUT2D eigenvalue weighted by atomic mass is 15.2. The molecule has 3 N–H and O–H groups in total. The lowest BCUT2D eigenvalue weighted by Crippen LogP contribution is -2.16. The first-order valence-electron chi connectivity index (χ1n) is 8.75.